The van der Waals surface area contributed by atoms with Crippen LogP contribution in [0.4, 0.5) is 0 Å². The summed E-state index contributed by atoms with van der Waals surface area (Å²) < 4.78 is 2.52. The maximum Gasteiger partial charge on any atom is 0.259 e. The second-order valence-electron chi connectivity index (χ2n) is 2.87. The summed E-state index contributed by atoms with van der Waals surface area (Å²) in [5.74, 6) is 0. The Morgan fingerprint density at radius 1 is 1.14 bits per heavy atom. The summed E-state index contributed by atoms with van der Waals surface area (Å²) in [6.07, 6.45) is 0. The fraction of sp³-hybridized carbons (Fsp3) is 0. The van der Waals surface area contributed by atoms with E-state index in [2.05, 4.69) is 29.5 Å². The molecule has 0 fully saturated rings. The lowest BCUT2D eigenvalue weighted by atomic mass is 10.7. The summed E-state index contributed by atoms with van der Waals surface area (Å²) in [4.78, 5) is 0. The zero-order chi connectivity index (χ0) is 10.0. The number of hydrogen-bond donors (Lipinski definition) is 0. The van der Waals surface area contributed by atoms with Crippen molar-refractivity contribution in [2.45, 2.75) is 0 Å². The first-order chi connectivity index (χ1) is 6.77. The SMILES string of the molecule is C=C[Si](Cl)(c1cccs1)c1cccs1. The quantitative estimate of drug-likeness (QED) is 0.585. The minimum Gasteiger partial charge on any atom is -0.151 e. The van der Waals surface area contributed by atoms with Gasteiger partial charge in [-0.15, -0.1) is 17.7 Å². The van der Waals surface area contributed by atoms with Crippen molar-refractivity contribution in [2.24, 2.45) is 0 Å². The summed E-state index contributed by atoms with van der Waals surface area (Å²) in [5, 5.41) is 4.13. The molecule has 0 saturated carbocycles. The van der Waals surface area contributed by atoms with Crippen molar-refractivity contribution < 1.29 is 0 Å². The predicted octanol–water partition coefficient (Wildman–Crippen LogP) is 2.83. The molecule has 0 aliphatic carbocycles. The van der Waals surface area contributed by atoms with Crippen molar-refractivity contribution in [1.82, 2.24) is 0 Å². The molecule has 14 heavy (non-hydrogen) atoms. The molecule has 0 amide bonds. The van der Waals surface area contributed by atoms with E-state index in [-0.39, 0.29) is 0 Å². The third-order valence-electron chi connectivity index (χ3n) is 2.04. The Hall–Kier alpha value is -0.353. The normalized spacial score (nSPS) is 11.5. The smallest absolute Gasteiger partial charge is 0.151 e. The van der Waals surface area contributed by atoms with Gasteiger partial charge in [0.05, 0.1) is 0 Å². The first-order valence-electron chi connectivity index (χ1n) is 4.18. The molecule has 4 heteroatoms. The van der Waals surface area contributed by atoms with Crippen LogP contribution in [0.5, 0.6) is 0 Å². The maximum atomic E-state index is 6.70. The molecule has 0 atom stereocenters. The summed E-state index contributed by atoms with van der Waals surface area (Å²) in [7, 11) is -2.10. The van der Waals surface area contributed by atoms with E-state index in [9.17, 15) is 0 Å². The topological polar surface area (TPSA) is 0 Å². The molecule has 2 aromatic rings. The molecule has 2 rings (SSSR count). The standard InChI is InChI=1S/C10H9ClS2Si/c1-2-14(11,9-5-3-7-12-9)10-6-4-8-13-10/h2-8H,1H2. The third kappa shape index (κ3) is 1.61. The van der Waals surface area contributed by atoms with Crippen molar-refractivity contribution in [3.05, 3.63) is 47.3 Å². The molecule has 0 N–H and O–H groups in total. The number of hydrogen-bond acceptors (Lipinski definition) is 2. The van der Waals surface area contributed by atoms with Crippen LogP contribution in [-0.4, -0.2) is 7.38 Å². The summed E-state index contributed by atoms with van der Waals surface area (Å²) in [6, 6.07) is 8.29. The average molecular weight is 257 g/mol. The van der Waals surface area contributed by atoms with Crippen LogP contribution in [0, 0.1) is 0 Å². The van der Waals surface area contributed by atoms with E-state index < -0.39 is 7.38 Å². The zero-order valence-corrected chi connectivity index (χ0v) is 10.8. The Kier molecular flexibility index (Phi) is 2.92. The molecular weight excluding hydrogens is 248 g/mol. The molecule has 2 aromatic heterocycles. The first kappa shape index (κ1) is 10.2. The van der Waals surface area contributed by atoms with Gasteiger partial charge in [-0.25, -0.2) is 0 Å². The molecule has 0 unspecified atom stereocenters. The number of halogens is 1. The van der Waals surface area contributed by atoms with E-state index >= 15 is 0 Å². The fourth-order valence-corrected chi connectivity index (χ4v) is 7.85. The molecule has 0 nitrogen and oxygen atoms in total. The van der Waals surface area contributed by atoms with E-state index in [1.54, 1.807) is 22.7 Å². The Morgan fingerprint density at radius 2 is 1.64 bits per heavy atom. The second-order valence-corrected chi connectivity index (χ2v) is 10.2. The predicted molar refractivity (Wildman–Crippen MR) is 69.7 cm³/mol. The Bertz CT molecular complexity index is 371. The Labute approximate surface area is 97.2 Å². The summed E-state index contributed by atoms with van der Waals surface area (Å²) >= 11 is 10.1. The highest BCUT2D eigenvalue weighted by Gasteiger charge is 2.34. The van der Waals surface area contributed by atoms with Gasteiger partial charge in [0.1, 0.15) is 0 Å². The van der Waals surface area contributed by atoms with Crippen molar-refractivity contribution in [2.75, 3.05) is 0 Å². The molecule has 0 aromatic carbocycles. The van der Waals surface area contributed by atoms with Gasteiger partial charge in [-0.1, -0.05) is 30.0 Å². The van der Waals surface area contributed by atoms with Gasteiger partial charge in [0.25, 0.3) is 7.38 Å². The average Bonchev–Trinajstić information content (AvgIpc) is 2.88. The lowest BCUT2D eigenvalue weighted by Gasteiger charge is -2.16. The number of rotatable bonds is 3. The fourth-order valence-electron chi connectivity index (χ4n) is 1.29. The monoisotopic (exact) mass is 256 g/mol. The minimum absolute atomic E-state index is 1.26. The van der Waals surface area contributed by atoms with E-state index in [0.29, 0.717) is 0 Å². The van der Waals surface area contributed by atoms with Crippen molar-refractivity contribution in [3.63, 3.8) is 0 Å². The van der Waals surface area contributed by atoms with Crippen molar-refractivity contribution >= 4 is 50.1 Å². The molecule has 0 spiro atoms. The van der Waals surface area contributed by atoms with E-state index in [1.807, 2.05) is 17.8 Å². The van der Waals surface area contributed by atoms with E-state index in [1.165, 1.54) is 9.00 Å². The molecule has 0 aliphatic rings. The van der Waals surface area contributed by atoms with Gasteiger partial charge in [0.2, 0.25) is 0 Å². The largest absolute Gasteiger partial charge is 0.259 e. The lowest BCUT2D eigenvalue weighted by Crippen LogP contribution is -2.49. The first-order valence-corrected chi connectivity index (χ1v) is 9.02. The van der Waals surface area contributed by atoms with Gasteiger partial charge < -0.3 is 0 Å². The van der Waals surface area contributed by atoms with Crippen LogP contribution in [0.15, 0.2) is 47.3 Å². The molecule has 0 radical (unpaired) electrons. The van der Waals surface area contributed by atoms with Crippen LogP contribution in [0.3, 0.4) is 0 Å². The van der Waals surface area contributed by atoms with Gasteiger partial charge in [0, 0.05) is 9.00 Å². The molecule has 2 heterocycles. The lowest BCUT2D eigenvalue weighted by molar-refractivity contribution is 2.02. The number of thiophene rings is 2. The van der Waals surface area contributed by atoms with Crippen LogP contribution in [-0.2, 0) is 0 Å². The second kappa shape index (κ2) is 4.02. The van der Waals surface area contributed by atoms with Crippen molar-refractivity contribution in [3.8, 4) is 0 Å². The Morgan fingerprint density at radius 3 is 1.93 bits per heavy atom. The molecule has 0 aliphatic heterocycles. The zero-order valence-electron chi connectivity index (χ0n) is 7.44. The highest BCUT2D eigenvalue weighted by atomic mass is 35.6. The highest BCUT2D eigenvalue weighted by Crippen LogP contribution is 2.16. The van der Waals surface area contributed by atoms with Crippen LogP contribution < -0.4 is 9.00 Å². The summed E-state index contributed by atoms with van der Waals surface area (Å²) in [5.41, 5.74) is 1.94. The summed E-state index contributed by atoms with van der Waals surface area (Å²) in [6.45, 7) is 3.89. The van der Waals surface area contributed by atoms with Crippen molar-refractivity contribution in [1.29, 1.82) is 0 Å². The van der Waals surface area contributed by atoms with Gasteiger partial charge in [-0.05, 0) is 10.8 Å². The van der Waals surface area contributed by atoms with Gasteiger partial charge >= 0.3 is 0 Å². The Balaban J connectivity index is 2.51. The maximum absolute atomic E-state index is 6.70. The van der Waals surface area contributed by atoms with E-state index in [4.69, 9.17) is 11.1 Å². The van der Waals surface area contributed by atoms with Crippen LogP contribution in [0.1, 0.15) is 0 Å². The molecule has 0 bridgehead atoms. The molecule has 0 saturated heterocycles. The van der Waals surface area contributed by atoms with Crippen LogP contribution in [0.2, 0.25) is 0 Å². The van der Waals surface area contributed by atoms with Gasteiger partial charge in [-0.3, -0.25) is 0 Å². The van der Waals surface area contributed by atoms with E-state index in [0.717, 1.165) is 0 Å². The highest BCUT2D eigenvalue weighted by molar-refractivity contribution is 7.51. The van der Waals surface area contributed by atoms with Crippen LogP contribution in [0.25, 0.3) is 0 Å². The van der Waals surface area contributed by atoms with Gasteiger partial charge in [-0.2, -0.15) is 22.7 Å². The minimum atomic E-state index is -2.10. The van der Waals surface area contributed by atoms with Crippen LogP contribution >= 0.6 is 33.8 Å². The van der Waals surface area contributed by atoms with Gasteiger partial charge in [0.15, 0.2) is 0 Å². The molecule has 72 valence electrons. The third-order valence-corrected chi connectivity index (χ3v) is 10.7. The molecular formula is C10H9ClS2Si.